The van der Waals surface area contributed by atoms with Crippen molar-refractivity contribution in [1.82, 2.24) is 15.2 Å². The Kier molecular flexibility index (Phi) is 3.64. The summed E-state index contributed by atoms with van der Waals surface area (Å²) in [6, 6.07) is 5.43. The van der Waals surface area contributed by atoms with Crippen LogP contribution >= 0.6 is 0 Å². The summed E-state index contributed by atoms with van der Waals surface area (Å²) in [4.78, 5) is 14.3. The van der Waals surface area contributed by atoms with Gasteiger partial charge in [0, 0.05) is 6.54 Å². The van der Waals surface area contributed by atoms with Crippen LogP contribution in [-0.4, -0.2) is 40.8 Å². The maximum absolute atomic E-state index is 12.1. The van der Waals surface area contributed by atoms with Crippen LogP contribution in [0, 0.1) is 5.92 Å². The van der Waals surface area contributed by atoms with Crippen LogP contribution in [0.15, 0.2) is 22.8 Å². The number of fused-ring (bicyclic) bond motifs is 1. The molecule has 1 amide bonds. The minimum absolute atomic E-state index is 0.0189. The van der Waals surface area contributed by atoms with Gasteiger partial charge in [0.15, 0.2) is 5.52 Å². The van der Waals surface area contributed by atoms with Crippen molar-refractivity contribution < 1.29 is 9.42 Å². The normalized spacial score (nSPS) is 20.1. The molecule has 0 radical (unpaired) electrons. The van der Waals surface area contributed by atoms with E-state index in [-0.39, 0.29) is 5.91 Å². The highest BCUT2D eigenvalue weighted by molar-refractivity contribution is 5.99. The maximum atomic E-state index is 12.1. The Bertz CT molecular complexity index is 610. The molecule has 3 rings (SSSR count). The van der Waals surface area contributed by atoms with E-state index in [9.17, 15) is 4.79 Å². The van der Waals surface area contributed by atoms with Gasteiger partial charge < -0.3 is 5.32 Å². The average molecular weight is 274 g/mol. The molecule has 1 fully saturated rings. The van der Waals surface area contributed by atoms with Crippen molar-refractivity contribution in [2.45, 2.75) is 19.8 Å². The molecule has 1 aliphatic heterocycles. The molecule has 0 spiro atoms. The van der Waals surface area contributed by atoms with Gasteiger partial charge in [-0.25, -0.2) is 4.63 Å². The van der Waals surface area contributed by atoms with Gasteiger partial charge >= 0.3 is 0 Å². The van der Waals surface area contributed by atoms with E-state index in [1.165, 1.54) is 6.42 Å². The second-order valence-corrected chi connectivity index (χ2v) is 5.47. The molecular formula is C14H18N4O2. The number of anilines is 1. The predicted molar refractivity (Wildman–Crippen MR) is 75.3 cm³/mol. The van der Waals surface area contributed by atoms with Gasteiger partial charge in [0.2, 0.25) is 5.91 Å². The van der Waals surface area contributed by atoms with Gasteiger partial charge in [-0.3, -0.25) is 9.69 Å². The number of carbonyl (C=O) groups is 1. The summed E-state index contributed by atoms with van der Waals surface area (Å²) in [6.45, 7) is 4.63. The standard InChI is InChI=1S/C14H18N4O2/c1-10-4-3-7-18(8-10)9-13(19)15-11-5-2-6-12-14(11)17-20-16-12/h2,5-6,10H,3-4,7-9H2,1H3,(H,15,19)/t10-/m0/s1. The summed E-state index contributed by atoms with van der Waals surface area (Å²) in [5.74, 6) is 0.648. The highest BCUT2D eigenvalue weighted by Crippen LogP contribution is 2.20. The summed E-state index contributed by atoms with van der Waals surface area (Å²) >= 11 is 0. The van der Waals surface area contributed by atoms with Crippen molar-refractivity contribution in [3.8, 4) is 0 Å². The third kappa shape index (κ3) is 2.80. The van der Waals surface area contributed by atoms with E-state index in [2.05, 4.69) is 32.1 Å². The lowest BCUT2D eigenvalue weighted by Gasteiger charge is -2.30. The van der Waals surface area contributed by atoms with E-state index < -0.39 is 0 Å². The summed E-state index contributed by atoms with van der Waals surface area (Å²) in [6.07, 6.45) is 2.42. The van der Waals surface area contributed by atoms with Crippen LogP contribution in [0.5, 0.6) is 0 Å². The molecule has 2 aromatic rings. The minimum atomic E-state index is -0.0189. The smallest absolute Gasteiger partial charge is 0.238 e. The van der Waals surface area contributed by atoms with Gasteiger partial charge in [0.1, 0.15) is 5.52 Å². The molecule has 1 N–H and O–H groups in total. The van der Waals surface area contributed by atoms with Crippen LogP contribution in [0.4, 0.5) is 5.69 Å². The fourth-order valence-corrected chi connectivity index (χ4v) is 2.73. The minimum Gasteiger partial charge on any atom is -0.323 e. The predicted octanol–water partition coefficient (Wildman–Crippen LogP) is 1.89. The highest BCUT2D eigenvalue weighted by atomic mass is 16.6. The molecule has 106 valence electrons. The molecule has 0 bridgehead atoms. The molecule has 1 aromatic carbocycles. The van der Waals surface area contributed by atoms with E-state index in [0.717, 1.165) is 19.5 Å². The van der Waals surface area contributed by atoms with Crippen LogP contribution in [0.2, 0.25) is 0 Å². The van der Waals surface area contributed by atoms with E-state index in [1.807, 2.05) is 12.1 Å². The Morgan fingerprint density at radius 1 is 1.50 bits per heavy atom. The van der Waals surface area contributed by atoms with Crippen molar-refractivity contribution in [3.05, 3.63) is 18.2 Å². The summed E-state index contributed by atoms with van der Waals surface area (Å²) < 4.78 is 4.69. The largest absolute Gasteiger partial charge is 0.323 e. The van der Waals surface area contributed by atoms with Crippen LogP contribution in [0.3, 0.4) is 0 Å². The van der Waals surface area contributed by atoms with Gasteiger partial charge in [-0.05, 0) is 47.8 Å². The molecule has 0 unspecified atom stereocenters. The van der Waals surface area contributed by atoms with Crippen molar-refractivity contribution in [1.29, 1.82) is 0 Å². The number of aromatic nitrogens is 2. The van der Waals surface area contributed by atoms with E-state index in [0.29, 0.717) is 29.2 Å². The quantitative estimate of drug-likeness (QED) is 0.925. The summed E-state index contributed by atoms with van der Waals surface area (Å²) in [5.41, 5.74) is 1.89. The molecule has 2 heterocycles. The number of nitrogens with one attached hydrogen (secondary N) is 1. The van der Waals surface area contributed by atoms with E-state index in [4.69, 9.17) is 0 Å². The summed E-state index contributed by atoms with van der Waals surface area (Å²) in [7, 11) is 0. The van der Waals surface area contributed by atoms with Crippen LogP contribution in [0.25, 0.3) is 11.0 Å². The Labute approximate surface area is 117 Å². The van der Waals surface area contributed by atoms with Crippen LogP contribution in [0.1, 0.15) is 19.8 Å². The number of piperidine rings is 1. The number of nitrogens with zero attached hydrogens (tertiary/aromatic N) is 3. The zero-order chi connectivity index (χ0) is 13.9. The van der Waals surface area contributed by atoms with E-state index in [1.54, 1.807) is 6.07 Å². The monoisotopic (exact) mass is 274 g/mol. The number of hydrogen-bond donors (Lipinski definition) is 1. The lowest BCUT2D eigenvalue weighted by Crippen LogP contribution is -2.39. The number of hydrogen-bond acceptors (Lipinski definition) is 5. The molecule has 1 atom stereocenters. The first kappa shape index (κ1) is 13.1. The zero-order valence-corrected chi connectivity index (χ0v) is 11.5. The average Bonchev–Trinajstić information content (AvgIpc) is 2.88. The SMILES string of the molecule is C[C@H]1CCCN(CC(=O)Nc2cccc3nonc23)C1. The number of likely N-dealkylation sites (tertiary alicyclic amines) is 1. The molecular weight excluding hydrogens is 256 g/mol. The number of amides is 1. The third-order valence-electron chi connectivity index (χ3n) is 3.67. The first-order valence-electron chi connectivity index (χ1n) is 6.96. The van der Waals surface area contributed by atoms with Crippen LogP contribution in [-0.2, 0) is 4.79 Å². The second kappa shape index (κ2) is 5.58. The topological polar surface area (TPSA) is 71.3 Å². The molecule has 1 saturated heterocycles. The van der Waals surface area contributed by atoms with Crippen molar-refractivity contribution in [2.75, 3.05) is 25.0 Å². The lowest BCUT2D eigenvalue weighted by molar-refractivity contribution is -0.117. The fraction of sp³-hybridized carbons (Fsp3) is 0.500. The lowest BCUT2D eigenvalue weighted by atomic mass is 10.0. The maximum Gasteiger partial charge on any atom is 0.238 e. The number of benzene rings is 1. The number of rotatable bonds is 3. The third-order valence-corrected chi connectivity index (χ3v) is 3.67. The van der Waals surface area contributed by atoms with Gasteiger partial charge in [-0.15, -0.1) is 0 Å². The molecule has 6 heteroatoms. The van der Waals surface area contributed by atoms with Gasteiger partial charge in [-0.2, -0.15) is 0 Å². The summed E-state index contributed by atoms with van der Waals surface area (Å²) in [5, 5.41) is 10.5. The fourth-order valence-electron chi connectivity index (χ4n) is 2.73. The van der Waals surface area contributed by atoms with E-state index >= 15 is 0 Å². The molecule has 6 nitrogen and oxygen atoms in total. The van der Waals surface area contributed by atoms with Crippen molar-refractivity contribution in [3.63, 3.8) is 0 Å². The molecule has 20 heavy (non-hydrogen) atoms. The van der Waals surface area contributed by atoms with Crippen LogP contribution < -0.4 is 5.32 Å². The Morgan fingerprint density at radius 3 is 3.25 bits per heavy atom. The molecule has 0 saturated carbocycles. The number of carbonyl (C=O) groups excluding carboxylic acids is 1. The van der Waals surface area contributed by atoms with Gasteiger partial charge in [0.25, 0.3) is 0 Å². The Balaban J connectivity index is 1.65. The first-order chi connectivity index (χ1) is 9.72. The van der Waals surface area contributed by atoms with Gasteiger partial charge in [0.05, 0.1) is 12.2 Å². The van der Waals surface area contributed by atoms with Crippen molar-refractivity contribution >= 4 is 22.6 Å². The Hall–Kier alpha value is -1.95. The zero-order valence-electron chi connectivity index (χ0n) is 11.5. The molecule has 1 aromatic heterocycles. The first-order valence-corrected chi connectivity index (χ1v) is 6.96. The second-order valence-electron chi connectivity index (χ2n) is 5.47. The van der Waals surface area contributed by atoms with Crippen molar-refractivity contribution in [2.24, 2.45) is 5.92 Å². The highest BCUT2D eigenvalue weighted by Gasteiger charge is 2.19. The molecule has 1 aliphatic rings. The molecule has 0 aliphatic carbocycles. The van der Waals surface area contributed by atoms with Gasteiger partial charge in [-0.1, -0.05) is 13.0 Å². The Morgan fingerprint density at radius 2 is 2.40 bits per heavy atom.